The molecule has 0 saturated carbocycles. The van der Waals surface area contributed by atoms with Gasteiger partial charge in [-0.3, -0.25) is 0 Å². The molecule has 0 bridgehead atoms. The molecule has 2 aromatic carbocycles. The molecule has 0 spiro atoms. The molecule has 0 aromatic heterocycles. The van der Waals surface area contributed by atoms with Crippen LogP contribution < -0.4 is 0 Å². The maximum Gasteiger partial charge on any atom is 0.0684 e. The number of ether oxygens (including phenoxy) is 1. The fourth-order valence-corrected chi connectivity index (χ4v) is 2.89. The van der Waals surface area contributed by atoms with Gasteiger partial charge in [-0.25, -0.2) is 0 Å². The van der Waals surface area contributed by atoms with Crippen LogP contribution in [0.4, 0.5) is 0 Å². The SMILES string of the molecule is Cc1ccc(C[C@H]2OCC[C@@H]2c2ccccc2)cc1. The topological polar surface area (TPSA) is 9.23 Å². The van der Waals surface area contributed by atoms with Gasteiger partial charge in [-0.15, -0.1) is 0 Å². The van der Waals surface area contributed by atoms with Crippen molar-refractivity contribution in [2.75, 3.05) is 6.61 Å². The van der Waals surface area contributed by atoms with Crippen LogP contribution >= 0.6 is 0 Å². The lowest BCUT2D eigenvalue weighted by molar-refractivity contribution is 0.104. The summed E-state index contributed by atoms with van der Waals surface area (Å²) in [5, 5.41) is 0. The second kappa shape index (κ2) is 5.58. The van der Waals surface area contributed by atoms with Gasteiger partial charge in [0.2, 0.25) is 0 Å². The van der Waals surface area contributed by atoms with E-state index in [0.29, 0.717) is 12.0 Å². The van der Waals surface area contributed by atoms with Crippen molar-refractivity contribution in [2.45, 2.75) is 31.8 Å². The first kappa shape index (κ1) is 12.4. The van der Waals surface area contributed by atoms with E-state index in [-0.39, 0.29) is 0 Å². The highest BCUT2D eigenvalue weighted by molar-refractivity contribution is 5.25. The predicted octanol–water partition coefficient (Wildman–Crippen LogP) is 4.11. The lowest BCUT2D eigenvalue weighted by Gasteiger charge is -2.19. The Morgan fingerprint density at radius 1 is 1.00 bits per heavy atom. The average molecular weight is 252 g/mol. The number of rotatable bonds is 3. The largest absolute Gasteiger partial charge is 0.377 e. The van der Waals surface area contributed by atoms with Gasteiger partial charge in [0.15, 0.2) is 0 Å². The minimum Gasteiger partial charge on any atom is -0.377 e. The van der Waals surface area contributed by atoms with Crippen molar-refractivity contribution in [3.05, 3.63) is 71.3 Å². The molecule has 0 N–H and O–H groups in total. The summed E-state index contributed by atoms with van der Waals surface area (Å²) in [4.78, 5) is 0. The molecule has 0 aliphatic carbocycles. The summed E-state index contributed by atoms with van der Waals surface area (Å²) >= 11 is 0. The lowest BCUT2D eigenvalue weighted by atomic mass is 9.89. The van der Waals surface area contributed by atoms with Crippen molar-refractivity contribution >= 4 is 0 Å². The predicted molar refractivity (Wildman–Crippen MR) is 78.4 cm³/mol. The summed E-state index contributed by atoms with van der Waals surface area (Å²) in [6.45, 7) is 3.01. The van der Waals surface area contributed by atoms with E-state index >= 15 is 0 Å². The van der Waals surface area contributed by atoms with Crippen LogP contribution in [0.3, 0.4) is 0 Å². The molecule has 1 nitrogen and oxygen atoms in total. The summed E-state index contributed by atoms with van der Waals surface area (Å²) in [5.41, 5.74) is 4.10. The standard InChI is InChI=1S/C18H20O/c1-14-7-9-15(10-8-14)13-18-17(11-12-19-18)16-5-3-2-4-6-16/h2-10,17-18H,11-13H2,1H3/t17-,18-/m1/s1. The van der Waals surface area contributed by atoms with Crippen LogP contribution in [0.1, 0.15) is 29.0 Å². The molecule has 1 fully saturated rings. The summed E-state index contributed by atoms with van der Waals surface area (Å²) in [7, 11) is 0. The number of hydrogen-bond donors (Lipinski definition) is 0. The van der Waals surface area contributed by atoms with Gasteiger partial charge in [0.25, 0.3) is 0 Å². The van der Waals surface area contributed by atoms with Crippen LogP contribution in [-0.4, -0.2) is 12.7 Å². The summed E-state index contributed by atoms with van der Waals surface area (Å²) < 4.78 is 5.95. The summed E-state index contributed by atoms with van der Waals surface area (Å²) in [6.07, 6.45) is 2.48. The van der Waals surface area contributed by atoms with Crippen LogP contribution in [0.2, 0.25) is 0 Å². The normalized spacial score (nSPS) is 22.6. The minimum absolute atomic E-state index is 0.324. The van der Waals surface area contributed by atoms with E-state index < -0.39 is 0 Å². The van der Waals surface area contributed by atoms with Crippen LogP contribution in [0, 0.1) is 6.92 Å². The Labute approximate surface area is 115 Å². The molecular formula is C18H20O. The Morgan fingerprint density at radius 2 is 1.74 bits per heavy atom. The fraction of sp³-hybridized carbons (Fsp3) is 0.333. The van der Waals surface area contributed by atoms with Crippen molar-refractivity contribution in [1.29, 1.82) is 0 Å². The highest BCUT2D eigenvalue weighted by atomic mass is 16.5. The van der Waals surface area contributed by atoms with Gasteiger partial charge in [0, 0.05) is 12.5 Å². The van der Waals surface area contributed by atoms with Crippen LogP contribution in [-0.2, 0) is 11.2 Å². The molecule has 1 saturated heterocycles. The van der Waals surface area contributed by atoms with E-state index in [1.54, 1.807) is 0 Å². The molecule has 19 heavy (non-hydrogen) atoms. The van der Waals surface area contributed by atoms with E-state index in [1.807, 2.05) is 0 Å². The minimum atomic E-state index is 0.324. The molecule has 0 unspecified atom stereocenters. The molecule has 0 radical (unpaired) electrons. The Bertz CT molecular complexity index is 515. The zero-order valence-electron chi connectivity index (χ0n) is 11.4. The van der Waals surface area contributed by atoms with Gasteiger partial charge in [-0.2, -0.15) is 0 Å². The van der Waals surface area contributed by atoms with E-state index in [0.717, 1.165) is 19.4 Å². The van der Waals surface area contributed by atoms with Gasteiger partial charge in [0.1, 0.15) is 0 Å². The van der Waals surface area contributed by atoms with Gasteiger partial charge in [-0.05, 0) is 30.9 Å². The first-order valence-electron chi connectivity index (χ1n) is 7.05. The Balaban J connectivity index is 1.75. The van der Waals surface area contributed by atoms with Crippen molar-refractivity contribution in [3.8, 4) is 0 Å². The maximum atomic E-state index is 5.95. The number of hydrogen-bond acceptors (Lipinski definition) is 1. The first-order chi connectivity index (χ1) is 9.33. The van der Waals surface area contributed by atoms with Gasteiger partial charge < -0.3 is 4.74 Å². The fourth-order valence-electron chi connectivity index (χ4n) is 2.89. The molecule has 1 heteroatoms. The number of benzene rings is 2. The molecule has 3 rings (SSSR count). The molecule has 2 aromatic rings. The molecule has 98 valence electrons. The van der Waals surface area contributed by atoms with Crippen LogP contribution in [0.25, 0.3) is 0 Å². The maximum absolute atomic E-state index is 5.95. The molecule has 2 atom stereocenters. The van der Waals surface area contributed by atoms with E-state index in [1.165, 1.54) is 16.7 Å². The monoisotopic (exact) mass is 252 g/mol. The van der Waals surface area contributed by atoms with Gasteiger partial charge in [-0.1, -0.05) is 60.2 Å². The van der Waals surface area contributed by atoms with E-state index in [2.05, 4.69) is 61.5 Å². The third-order valence-corrected chi connectivity index (χ3v) is 3.99. The van der Waals surface area contributed by atoms with Crippen LogP contribution in [0.5, 0.6) is 0 Å². The summed E-state index contributed by atoms with van der Waals surface area (Å²) in [5.74, 6) is 0.544. The lowest BCUT2D eigenvalue weighted by Crippen LogP contribution is -2.17. The van der Waals surface area contributed by atoms with Crippen LogP contribution in [0.15, 0.2) is 54.6 Å². The van der Waals surface area contributed by atoms with E-state index in [4.69, 9.17) is 4.74 Å². The third kappa shape index (κ3) is 2.87. The van der Waals surface area contributed by atoms with Gasteiger partial charge >= 0.3 is 0 Å². The Kier molecular flexibility index (Phi) is 3.65. The quantitative estimate of drug-likeness (QED) is 0.798. The second-order valence-corrected chi connectivity index (χ2v) is 5.40. The zero-order valence-corrected chi connectivity index (χ0v) is 11.4. The molecule has 1 heterocycles. The second-order valence-electron chi connectivity index (χ2n) is 5.40. The third-order valence-electron chi connectivity index (χ3n) is 3.99. The smallest absolute Gasteiger partial charge is 0.0684 e. The summed E-state index contributed by atoms with van der Waals surface area (Å²) in [6, 6.07) is 19.6. The van der Waals surface area contributed by atoms with E-state index in [9.17, 15) is 0 Å². The molecule has 1 aliphatic rings. The average Bonchev–Trinajstić information content (AvgIpc) is 2.90. The zero-order chi connectivity index (χ0) is 13.1. The van der Waals surface area contributed by atoms with Gasteiger partial charge in [0.05, 0.1) is 6.10 Å². The Hall–Kier alpha value is -1.60. The molecule has 1 aliphatic heterocycles. The Morgan fingerprint density at radius 3 is 2.47 bits per heavy atom. The highest BCUT2D eigenvalue weighted by Gasteiger charge is 2.29. The van der Waals surface area contributed by atoms with Crippen molar-refractivity contribution in [1.82, 2.24) is 0 Å². The van der Waals surface area contributed by atoms with Crippen molar-refractivity contribution < 1.29 is 4.74 Å². The number of aryl methyl sites for hydroxylation is 1. The van der Waals surface area contributed by atoms with Crippen molar-refractivity contribution in [3.63, 3.8) is 0 Å². The van der Waals surface area contributed by atoms with Crippen molar-refractivity contribution in [2.24, 2.45) is 0 Å². The highest BCUT2D eigenvalue weighted by Crippen LogP contribution is 2.33. The first-order valence-corrected chi connectivity index (χ1v) is 7.05. The molecular weight excluding hydrogens is 232 g/mol. The molecule has 0 amide bonds.